The molecule has 0 atom stereocenters. The van der Waals surface area contributed by atoms with Crippen LogP contribution in [0.3, 0.4) is 0 Å². The first-order valence-corrected chi connectivity index (χ1v) is 9.00. The largest absolute Gasteiger partial charge is 0.353 e. The molecule has 1 fully saturated rings. The molecule has 0 bridgehead atoms. The maximum Gasteiger partial charge on any atom is 0.226 e. The fourth-order valence-electron chi connectivity index (χ4n) is 2.61. The van der Waals surface area contributed by atoms with Crippen LogP contribution in [0.2, 0.25) is 0 Å². The number of rotatable bonds is 4. The van der Waals surface area contributed by atoms with E-state index < -0.39 is 0 Å². The van der Waals surface area contributed by atoms with Gasteiger partial charge in [-0.05, 0) is 37.1 Å². The van der Waals surface area contributed by atoms with E-state index in [-0.39, 0.29) is 36.8 Å². The van der Waals surface area contributed by atoms with Crippen LogP contribution in [0.1, 0.15) is 31.4 Å². The number of hydrogen-bond acceptors (Lipinski definition) is 5. The summed E-state index contributed by atoms with van der Waals surface area (Å²) >= 11 is 3.27. The van der Waals surface area contributed by atoms with Crippen LogP contribution < -0.4 is 11.1 Å². The Bertz CT molecular complexity index is 596. The molecule has 0 aliphatic heterocycles. The van der Waals surface area contributed by atoms with Crippen molar-refractivity contribution in [2.75, 3.05) is 0 Å². The summed E-state index contributed by atoms with van der Waals surface area (Å²) in [5, 5.41) is 8.12. The van der Waals surface area contributed by atoms with Crippen LogP contribution in [-0.4, -0.2) is 23.0 Å². The van der Waals surface area contributed by atoms with Gasteiger partial charge in [0.1, 0.15) is 5.01 Å². The molecule has 1 aliphatic carbocycles. The average Bonchev–Trinajstić information content (AvgIpc) is 3.12. The molecule has 1 aliphatic rings. The topological polar surface area (TPSA) is 68.0 Å². The molecule has 8 heteroatoms. The average molecular weight is 394 g/mol. The molecule has 2 aromatic heterocycles. The van der Waals surface area contributed by atoms with Crippen LogP contribution in [0, 0.1) is 0 Å². The second kappa shape index (κ2) is 9.59. The van der Waals surface area contributed by atoms with Gasteiger partial charge in [-0.1, -0.05) is 6.07 Å². The number of thiazole rings is 1. The van der Waals surface area contributed by atoms with Crippen molar-refractivity contribution in [1.29, 1.82) is 0 Å². The molecular weight excluding hydrogens is 373 g/mol. The minimum Gasteiger partial charge on any atom is -0.353 e. The number of halogens is 2. The molecule has 23 heavy (non-hydrogen) atoms. The minimum absolute atomic E-state index is 0. The Balaban J connectivity index is 0.00000132. The van der Waals surface area contributed by atoms with E-state index in [4.69, 9.17) is 5.73 Å². The van der Waals surface area contributed by atoms with E-state index in [9.17, 15) is 4.79 Å². The molecule has 3 N–H and O–H groups in total. The zero-order valence-electron chi connectivity index (χ0n) is 12.6. The number of amides is 1. The van der Waals surface area contributed by atoms with Crippen LogP contribution in [0.25, 0.3) is 9.88 Å². The molecule has 2 aromatic rings. The number of carbonyl (C=O) groups excluding carboxylic acids is 1. The van der Waals surface area contributed by atoms with Crippen molar-refractivity contribution < 1.29 is 4.79 Å². The summed E-state index contributed by atoms with van der Waals surface area (Å²) < 4.78 is 0. The predicted octanol–water partition coefficient (Wildman–Crippen LogP) is 3.64. The maximum absolute atomic E-state index is 12.1. The molecular formula is C15H21Cl2N3OS2. The first kappa shape index (κ1) is 20.4. The summed E-state index contributed by atoms with van der Waals surface area (Å²) in [4.78, 5) is 17.8. The van der Waals surface area contributed by atoms with Crippen LogP contribution in [0.5, 0.6) is 0 Å². The van der Waals surface area contributed by atoms with Crippen LogP contribution >= 0.6 is 47.5 Å². The molecule has 0 spiro atoms. The monoisotopic (exact) mass is 393 g/mol. The fraction of sp³-hybridized carbons (Fsp3) is 0.467. The minimum atomic E-state index is 0. The number of nitrogens with zero attached hydrogens (tertiary/aromatic N) is 1. The molecule has 1 amide bonds. The summed E-state index contributed by atoms with van der Waals surface area (Å²) in [6.07, 6.45) is 4.35. The summed E-state index contributed by atoms with van der Waals surface area (Å²) in [5.41, 5.74) is 6.74. The Morgan fingerprint density at radius 2 is 2.00 bits per heavy atom. The molecule has 2 heterocycles. The Morgan fingerprint density at radius 1 is 1.26 bits per heavy atom. The van der Waals surface area contributed by atoms with Crippen molar-refractivity contribution in [2.24, 2.45) is 5.73 Å². The van der Waals surface area contributed by atoms with E-state index >= 15 is 0 Å². The van der Waals surface area contributed by atoms with Gasteiger partial charge in [-0.2, -0.15) is 0 Å². The van der Waals surface area contributed by atoms with Gasteiger partial charge >= 0.3 is 0 Å². The van der Waals surface area contributed by atoms with E-state index in [0.29, 0.717) is 12.5 Å². The highest BCUT2D eigenvalue weighted by Crippen LogP contribution is 2.27. The molecule has 0 radical (unpaired) electrons. The lowest BCUT2D eigenvalue weighted by Gasteiger charge is -2.26. The maximum atomic E-state index is 12.1. The second-order valence-electron chi connectivity index (χ2n) is 5.48. The van der Waals surface area contributed by atoms with Crippen molar-refractivity contribution >= 4 is 53.4 Å². The third-order valence-electron chi connectivity index (χ3n) is 3.76. The zero-order chi connectivity index (χ0) is 14.7. The molecule has 0 saturated heterocycles. The fourth-order valence-corrected chi connectivity index (χ4v) is 4.24. The van der Waals surface area contributed by atoms with Gasteiger partial charge < -0.3 is 11.1 Å². The summed E-state index contributed by atoms with van der Waals surface area (Å²) in [5.74, 6) is 0.0681. The van der Waals surface area contributed by atoms with Crippen LogP contribution in [0.15, 0.2) is 22.9 Å². The number of thiophene rings is 1. The van der Waals surface area contributed by atoms with E-state index in [0.717, 1.165) is 41.3 Å². The number of nitrogens with two attached hydrogens (primary N) is 1. The van der Waals surface area contributed by atoms with Gasteiger partial charge in [0.15, 0.2) is 0 Å². The molecule has 0 unspecified atom stereocenters. The van der Waals surface area contributed by atoms with E-state index in [1.165, 1.54) is 0 Å². The number of hydrogen-bond donors (Lipinski definition) is 2. The van der Waals surface area contributed by atoms with Gasteiger partial charge in [0.25, 0.3) is 0 Å². The zero-order valence-corrected chi connectivity index (χ0v) is 15.8. The highest BCUT2D eigenvalue weighted by Gasteiger charge is 2.20. The summed E-state index contributed by atoms with van der Waals surface area (Å²) in [7, 11) is 0. The number of aromatic nitrogens is 1. The Hall–Kier alpha value is -0.660. The first-order valence-electron chi connectivity index (χ1n) is 7.24. The van der Waals surface area contributed by atoms with Crippen LogP contribution in [-0.2, 0) is 11.2 Å². The lowest BCUT2D eigenvalue weighted by molar-refractivity contribution is -0.121. The first-order chi connectivity index (χ1) is 10.2. The summed E-state index contributed by atoms with van der Waals surface area (Å²) in [6, 6.07) is 4.66. The smallest absolute Gasteiger partial charge is 0.226 e. The normalized spacial score (nSPS) is 20.2. The SMILES string of the molecule is Cl.Cl.NC1CCC(NC(=O)Cc2csc(-c3cccs3)n2)CC1. The predicted molar refractivity (Wildman–Crippen MR) is 102 cm³/mol. The third kappa shape index (κ3) is 5.72. The van der Waals surface area contributed by atoms with Gasteiger partial charge in [0, 0.05) is 17.5 Å². The Labute approximate surface area is 156 Å². The Morgan fingerprint density at radius 3 is 2.65 bits per heavy atom. The summed E-state index contributed by atoms with van der Waals surface area (Å²) in [6.45, 7) is 0. The standard InChI is InChI=1S/C15H19N3OS2.2ClH/c16-10-3-5-11(6-4-10)17-14(19)8-12-9-21-15(18-12)13-2-1-7-20-13;;/h1-2,7,9-11H,3-6,8,16H2,(H,17,19);2*1H. The molecule has 0 aromatic carbocycles. The lowest BCUT2D eigenvalue weighted by atomic mass is 9.92. The molecule has 4 nitrogen and oxygen atoms in total. The van der Waals surface area contributed by atoms with Crippen LogP contribution in [0.4, 0.5) is 0 Å². The van der Waals surface area contributed by atoms with Crippen molar-refractivity contribution in [1.82, 2.24) is 10.3 Å². The molecule has 3 rings (SSSR count). The molecule has 128 valence electrons. The number of nitrogens with one attached hydrogen (secondary N) is 1. The van der Waals surface area contributed by atoms with Gasteiger partial charge in [-0.15, -0.1) is 47.5 Å². The number of carbonyl (C=O) groups is 1. The van der Waals surface area contributed by atoms with E-state index in [2.05, 4.69) is 16.4 Å². The molecule has 1 saturated carbocycles. The van der Waals surface area contributed by atoms with Gasteiger partial charge in [0.05, 0.1) is 17.0 Å². The van der Waals surface area contributed by atoms with Gasteiger partial charge in [0.2, 0.25) is 5.91 Å². The van der Waals surface area contributed by atoms with E-state index in [1.807, 2.05) is 16.8 Å². The van der Waals surface area contributed by atoms with Crippen molar-refractivity contribution in [3.8, 4) is 9.88 Å². The third-order valence-corrected chi connectivity index (χ3v) is 5.69. The van der Waals surface area contributed by atoms with Crippen molar-refractivity contribution in [3.63, 3.8) is 0 Å². The highest BCUT2D eigenvalue weighted by molar-refractivity contribution is 7.20. The Kier molecular flexibility index (Phi) is 8.50. The van der Waals surface area contributed by atoms with Gasteiger partial charge in [-0.25, -0.2) is 4.98 Å². The second-order valence-corrected chi connectivity index (χ2v) is 7.28. The highest BCUT2D eigenvalue weighted by atomic mass is 35.5. The van der Waals surface area contributed by atoms with Crippen molar-refractivity contribution in [2.45, 2.75) is 44.2 Å². The van der Waals surface area contributed by atoms with E-state index in [1.54, 1.807) is 22.7 Å². The lowest BCUT2D eigenvalue weighted by Crippen LogP contribution is -2.41. The quantitative estimate of drug-likeness (QED) is 0.832. The van der Waals surface area contributed by atoms with Crippen molar-refractivity contribution in [3.05, 3.63) is 28.6 Å². The van der Waals surface area contributed by atoms with Gasteiger partial charge in [-0.3, -0.25) is 4.79 Å².